The molecule has 1 rings (SSSR count). The number of rotatable bonds is 3. The molecule has 0 radical (unpaired) electrons. The second-order valence-corrected chi connectivity index (χ2v) is 8.08. The highest BCUT2D eigenvalue weighted by Gasteiger charge is 2.23. The fraction of sp³-hybridized carbons (Fsp3) is 0.250. The summed E-state index contributed by atoms with van der Waals surface area (Å²) in [4.78, 5) is -0.982. The molecule has 16 heavy (non-hydrogen) atoms. The largest absolute Gasteiger partial charge is 0.262 e. The van der Waals surface area contributed by atoms with E-state index >= 15 is 0 Å². The first-order valence-electron chi connectivity index (χ1n) is 4.18. The minimum atomic E-state index is -4.14. The Morgan fingerprint density at radius 3 is 1.88 bits per heavy atom. The van der Waals surface area contributed by atoms with Crippen LogP contribution in [0.1, 0.15) is 12.5 Å². The van der Waals surface area contributed by atoms with Crippen LogP contribution < -0.4 is 0 Å². The Bertz CT molecular complexity index is 605. The first-order chi connectivity index (χ1) is 7.16. The zero-order valence-corrected chi connectivity index (χ0v) is 11.3. The average molecular weight is 303 g/mol. The molecule has 0 saturated heterocycles. The second kappa shape index (κ2) is 4.52. The maximum absolute atomic E-state index is 11.2. The SMILES string of the molecule is CCc1ccc(S(=O)(=O)Cl)c(S(=O)(=O)Cl)c1. The molecular weight excluding hydrogens is 295 g/mol. The molecule has 0 amide bonds. The van der Waals surface area contributed by atoms with Gasteiger partial charge in [-0.2, -0.15) is 0 Å². The summed E-state index contributed by atoms with van der Waals surface area (Å²) >= 11 is 0. The van der Waals surface area contributed by atoms with Crippen molar-refractivity contribution in [2.24, 2.45) is 0 Å². The smallest absolute Gasteiger partial charge is 0.207 e. The average Bonchev–Trinajstić information content (AvgIpc) is 2.14. The summed E-state index contributed by atoms with van der Waals surface area (Å²) in [6.07, 6.45) is 0.558. The molecule has 8 heteroatoms. The van der Waals surface area contributed by atoms with E-state index in [9.17, 15) is 16.8 Å². The van der Waals surface area contributed by atoms with Crippen molar-refractivity contribution in [3.63, 3.8) is 0 Å². The molecule has 0 fully saturated rings. The summed E-state index contributed by atoms with van der Waals surface area (Å²) < 4.78 is 44.7. The lowest BCUT2D eigenvalue weighted by molar-refractivity contribution is 0.597. The van der Waals surface area contributed by atoms with Gasteiger partial charge in [-0.3, -0.25) is 0 Å². The van der Waals surface area contributed by atoms with E-state index in [1.165, 1.54) is 12.1 Å². The van der Waals surface area contributed by atoms with Crippen molar-refractivity contribution < 1.29 is 16.8 Å². The summed E-state index contributed by atoms with van der Waals surface area (Å²) in [5, 5.41) is 0. The molecule has 1 aromatic carbocycles. The number of aryl methyl sites for hydroxylation is 1. The summed E-state index contributed by atoms with van der Waals surface area (Å²) in [7, 11) is 1.99. The van der Waals surface area contributed by atoms with E-state index in [2.05, 4.69) is 0 Å². The van der Waals surface area contributed by atoms with Crippen LogP contribution in [0.25, 0.3) is 0 Å². The highest BCUT2D eigenvalue weighted by Crippen LogP contribution is 2.28. The van der Waals surface area contributed by atoms with E-state index in [0.29, 0.717) is 12.0 Å². The molecule has 0 spiro atoms. The van der Waals surface area contributed by atoms with Crippen molar-refractivity contribution in [3.8, 4) is 0 Å². The topological polar surface area (TPSA) is 68.3 Å². The third-order valence-electron chi connectivity index (χ3n) is 1.94. The van der Waals surface area contributed by atoms with Gasteiger partial charge in [-0.05, 0) is 24.1 Å². The molecule has 0 N–H and O–H groups in total. The first-order valence-corrected chi connectivity index (χ1v) is 8.80. The van der Waals surface area contributed by atoms with E-state index in [1.807, 2.05) is 0 Å². The Labute approximate surface area is 103 Å². The number of halogens is 2. The minimum absolute atomic E-state index is 0.483. The van der Waals surface area contributed by atoms with E-state index in [1.54, 1.807) is 6.92 Å². The van der Waals surface area contributed by atoms with Crippen LogP contribution in [0, 0.1) is 0 Å². The van der Waals surface area contributed by atoms with Crippen molar-refractivity contribution in [3.05, 3.63) is 23.8 Å². The predicted octanol–water partition coefficient (Wildman–Crippen LogP) is 2.10. The summed E-state index contributed by atoms with van der Waals surface area (Å²) in [6, 6.07) is 3.83. The van der Waals surface area contributed by atoms with E-state index in [4.69, 9.17) is 21.4 Å². The second-order valence-electron chi connectivity index (χ2n) is 3.01. The quantitative estimate of drug-likeness (QED) is 0.802. The molecule has 0 aliphatic carbocycles. The standard InChI is InChI=1S/C8H8Cl2O4S2/c1-2-6-3-4-7(15(9,11)12)8(5-6)16(10,13)14/h3-5H,2H2,1H3. The number of hydrogen-bond donors (Lipinski definition) is 0. The van der Waals surface area contributed by atoms with Gasteiger partial charge in [0.25, 0.3) is 18.1 Å². The van der Waals surface area contributed by atoms with Gasteiger partial charge >= 0.3 is 0 Å². The summed E-state index contributed by atoms with van der Waals surface area (Å²) in [5.41, 5.74) is 0.656. The molecule has 1 aromatic rings. The van der Waals surface area contributed by atoms with Crippen molar-refractivity contribution in [1.82, 2.24) is 0 Å². The van der Waals surface area contributed by atoms with E-state index in [-0.39, 0.29) is 0 Å². The fourth-order valence-corrected chi connectivity index (χ4v) is 4.01. The normalized spacial score (nSPS) is 12.7. The van der Waals surface area contributed by atoms with Crippen LogP contribution >= 0.6 is 21.4 Å². The molecule has 90 valence electrons. The van der Waals surface area contributed by atoms with Crippen LogP contribution in [-0.4, -0.2) is 16.8 Å². The lowest BCUT2D eigenvalue weighted by Gasteiger charge is -2.05. The van der Waals surface area contributed by atoms with Gasteiger partial charge < -0.3 is 0 Å². The Kier molecular flexibility index (Phi) is 3.89. The lowest BCUT2D eigenvalue weighted by atomic mass is 10.2. The monoisotopic (exact) mass is 302 g/mol. The van der Waals surface area contributed by atoms with Crippen LogP contribution in [0.15, 0.2) is 28.0 Å². The van der Waals surface area contributed by atoms with Crippen LogP contribution in [0.5, 0.6) is 0 Å². The Balaban J connectivity index is 3.66. The van der Waals surface area contributed by atoms with E-state index in [0.717, 1.165) is 6.07 Å². The summed E-state index contributed by atoms with van der Waals surface area (Å²) in [6.45, 7) is 1.80. The Hall–Kier alpha value is -0.300. The fourth-order valence-electron chi connectivity index (χ4n) is 1.16. The number of benzene rings is 1. The predicted molar refractivity (Wildman–Crippen MR) is 61.9 cm³/mol. The van der Waals surface area contributed by atoms with Gasteiger partial charge in [0.05, 0.1) is 0 Å². The first kappa shape index (κ1) is 13.8. The third kappa shape index (κ3) is 3.10. The van der Waals surface area contributed by atoms with Gasteiger partial charge in [-0.15, -0.1) is 0 Å². The molecule has 0 bridgehead atoms. The minimum Gasteiger partial charge on any atom is -0.207 e. The molecular formula is C8H8Cl2O4S2. The Morgan fingerprint density at radius 2 is 1.50 bits per heavy atom. The van der Waals surface area contributed by atoms with E-state index < -0.39 is 27.9 Å². The molecule has 0 aliphatic rings. The number of hydrogen-bond acceptors (Lipinski definition) is 4. The molecule has 0 heterocycles. The van der Waals surface area contributed by atoms with Crippen molar-refractivity contribution in [2.45, 2.75) is 23.1 Å². The molecule has 0 unspecified atom stereocenters. The van der Waals surface area contributed by atoms with Crippen LogP contribution in [-0.2, 0) is 24.5 Å². The van der Waals surface area contributed by atoms with Gasteiger partial charge in [0.15, 0.2) is 0 Å². The van der Waals surface area contributed by atoms with Gasteiger partial charge in [-0.1, -0.05) is 13.0 Å². The molecule has 4 nitrogen and oxygen atoms in total. The highest BCUT2D eigenvalue weighted by molar-refractivity contribution is 8.16. The van der Waals surface area contributed by atoms with Crippen LogP contribution in [0.2, 0.25) is 0 Å². The molecule has 0 aromatic heterocycles. The maximum Gasteiger partial charge on any atom is 0.262 e. The lowest BCUT2D eigenvalue weighted by Crippen LogP contribution is -2.02. The Morgan fingerprint density at radius 1 is 1.00 bits per heavy atom. The zero-order chi connectivity index (χ0) is 12.6. The third-order valence-corrected chi connectivity index (χ3v) is 4.81. The van der Waals surface area contributed by atoms with Gasteiger partial charge in [-0.25, -0.2) is 16.8 Å². The van der Waals surface area contributed by atoms with Crippen LogP contribution in [0.3, 0.4) is 0 Å². The zero-order valence-electron chi connectivity index (χ0n) is 8.14. The molecule has 0 atom stereocenters. The molecule has 0 saturated carbocycles. The van der Waals surface area contributed by atoms with Crippen molar-refractivity contribution in [2.75, 3.05) is 0 Å². The van der Waals surface area contributed by atoms with Crippen molar-refractivity contribution >= 4 is 39.5 Å². The van der Waals surface area contributed by atoms with Gasteiger partial charge in [0, 0.05) is 21.4 Å². The summed E-state index contributed by atoms with van der Waals surface area (Å²) in [5.74, 6) is 0. The van der Waals surface area contributed by atoms with Gasteiger partial charge in [0.2, 0.25) is 0 Å². The highest BCUT2D eigenvalue weighted by atomic mass is 35.7. The van der Waals surface area contributed by atoms with Crippen LogP contribution in [0.4, 0.5) is 0 Å². The van der Waals surface area contributed by atoms with Gasteiger partial charge in [0.1, 0.15) is 9.79 Å². The molecule has 0 aliphatic heterocycles. The van der Waals surface area contributed by atoms with Crippen molar-refractivity contribution in [1.29, 1.82) is 0 Å². The maximum atomic E-state index is 11.2.